The number of halogens is 1. The van der Waals surface area contributed by atoms with Crippen LogP contribution in [0.15, 0.2) is 24.3 Å². The molecule has 1 fully saturated rings. The van der Waals surface area contributed by atoms with E-state index in [9.17, 15) is 4.79 Å². The van der Waals surface area contributed by atoms with Crippen molar-refractivity contribution in [1.29, 1.82) is 0 Å². The highest BCUT2D eigenvalue weighted by Crippen LogP contribution is 2.31. The molecule has 1 aliphatic heterocycles. The van der Waals surface area contributed by atoms with E-state index < -0.39 is 0 Å². The van der Waals surface area contributed by atoms with Crippen molar-refractivity contribution in [3.05, 3.63) is 24.3 Å². The smallest absolute Gasteiger partial charge is 0.220 e. The molecule has 0 bridgehead atoms. The van der Waals surface area contributed by atoms with Gasteiger partial charge in [-0.1, -0.05) is 35.6 Å². The predicted molar refractivity (Wildman–Crippen MR) is 89.6 cm³/mol. The second-order valence-corrected chi connectivity index (χ2v) is 6.26. The molecule has 20 heavy (non-hydrogen) atoms. The van der Waals surface area contributed by atoms with Crippen molar-refractivity contribution in [1.82, 2.24) is 5.32 Å². The lowest BCUT2D eigenvalue weighted by Gasteiger charge is -2.26. The van der Waals surface area contributed by atoms with Gasteiger partial charge in [0.05, 0.1) is 13.2 Å². The summed E-state index contributed by atoms with van der Waals surface area (Å²) in [4.78, 5) is 14.1. The van der Waals surface area contributed by atoms with Crippen LogP contribution >= 0.6 is 22.6 Å². The Morgan fingerprint density at radius 1 is 1.55 bits per heavy atom. The number of ether oxygens (including phenoxy) is 1. The normalized spacial score (nSPS) is 21.9. The van der Waals surface area contributed by atoms with Crippen LogP contribution in [0.5, 0.6) is 5.75 Å². The van der Waals surface area contributed by atoms with E-state index in [1.807, 2.05) is 25.1 Å². The molecular weight excluding hydrogens is 367 g/mol. The molecule has 0 saturated carbocycles. The number of amides is 1. The van der Waals surface area contributed by atoms with Gasteiger partial charge >= 0.3 is 0 Å². The summed E-state index contributed by atoms with van der Waals surface area (Å²) in [6.07, 6.45) is 2.49. The fourth-order valence-corrected chi connectivity index (χ4v) is 3.60. The van der Waals surface area contributed by atoms with Gasteiger partial charge in [0.1, 0.15) is 9.80 Å². The van der Waals surface area contributed by atoms with Crippen LogP contribution in [0.2, 0.25) is 0 Å². The Morgan fingerprint density at radius 3 is 3.05 bits per heavy atom. The molecule has 0 aromatic heterocycles. The molecule has 2 atom stereocenters. The summed E-state index contributed by atoms with van der Waals surface area (Å²) in [6, 6.07) is 8.30. The number of nitrogens with zero attached hydrogens (tertiary/aromatic N) is 1. The number of benzene rings is 1. The van der Waals surface area contributed by atoms with E-state index in [0.29, 0.717) is 6.42 Å². The third-order valence-electron chi connectivity index (χ3n) is 3.52. The van der Waals surface area contributed by atoms with E-state index in [2.05, 4.69) is 38.9 Å². The largest absolute Gasteiger partial charge is 0.497 e. The number of hydrogen-bond acceptors (Lipinski definition) is 3. The van der Waals surface area contributed by atoms with Crippen LogP contribution in [0.1, 0.15) is 26.2 Å². The Kier molecular flexibility index (Phi) is 5.51. The Balaban J connectivity index is 2.03. The molecule has 1 aliphatic rings. The zero-order valence-electron chi connectivity index (χ0n) is 11.9. The molecule has 1 aromatic rings. The minimum absolute atomic E-state index is 0.159. The number of methoxy groups -OCH3 is 1. The molecule has 0 aliphatic carbocycles. The van der Waals surface area contributed by atoms with Crippen LogP contribution in [-0.2, 0) is 4.79 Å². The van der Waals surface area contributed by atoms with Crippen molar-refractivity contribution in [3.63, 3.8) is 0 Å². The van der Waals surface area contributed by atoms with Gasteiger partial charge in [-0.2, -0.15) is 0 Å². The first-order chi connectivity index (χ1) is 9.65. The summed E-state index contributed by atoms with van der Waals surface area (Å²) in [7, 11) is 1.68. The van der Waals surface area contributed by atoms with Gasteiger partial charge in [-0.05, 0) is 25.0 Å². The van der Waals surface area contributed by atoms with Crippen molar-refractivity contribution >= 4 is 34.2 Å². The van der Waals surface area contributed by atoms with Crippen molar-refractivity contribution in [2.45, 2.75) is 36.3 Å². The first kappa shape index (κ1) is 15.4. The summed E-state index contributed by atoms with van der Waals surface area (Å²) in [5.41, 5.74) is 1.15. The average molecular weight is 388 g/mol. The lowest BCUT2D eigenvalue weighted by molar-refractivity contribution is -0.121. The van der Waals surface area contributed by atoms with E-state index in [4.69, 9.17) is 4.74 Å². The van der Waals surface area contributed by atoms with Gasteiger partial charge < -0.3 is 15.0 Å². The Morgan fingerprint density at radius 2 is 2.35 bits per heavy atom. The highest BCUT2D eigenvalue weighted by atomic mass is 127. The molecule has 1 N–H and O–H groups in total. The monoisotopic (exact) mass is 388 g/mol. The van der Waals surface area contributed by atoms with Gasteiger partial charge in [0.2, 0.25) is 5.91 Å². The Labute approximate surface area is 134 Å². The van der Waals surface area contributed by atoms with E-state index in [1.165, 1.54) is 0 Å². The number of rotatable bonds is 5. The molecule has 4 nitrogen and oxygen atoms in total. The van der Waals surface area contributed by atoms with Crippen LogP contribution in [0.25, 0.3) is 0 Å². The third-order valence-corrected chi connectivity index (χ3v) is 5.06. The molecule has 1 saturated heterocycles. The maximum absolute atomic E-state index is 11.7. The summed E-state index contributed by atoms with van der Waals surface area (Å²) < 4.78 is 5.55. The van der Waals surface area contributed by atoms with Crippen LogP contribution in [0.4, 0.5) is 5.69 Å². The van der Waals surface area contributed by atoms with Gasteiger partial charge in [-0.3, -0.25) is 4.79 Å². The van der Waals surface area contributed by atoms with Gasteiger partial charge in [0, 0.05) is 24.7 Å². The lowest BCUT2D eigenvalue weighted by Crippen LogP contribution is -2.41. The molecule has 1 amide bonds. The third kappa shape index (κ3) is 3.56. The molecule has 5 heteroatoms. The zero-order chi connectivity index (χ0) is 14.5. The van der Waals surface area contributed by atoms with Crippen LogP contribution < -0.4 is 15.0 Å². The summed E-state index contributed by atoms with van der Waals surface area (Å²) >= 11 is 2.42. The predicted octanol–water partition coefficient (Wildman–Crippen LogP) is 2.95. The maximum atomic E-state index is 11.7. The first-order valence-corrected chi connectivity index (χ1v) is 8.24. The molecule has 0 radical (unpaired) electrons. The summed E-state index contributed by atoms with van der Waals surface area (Å²) in [6.45, 7) is 2.98. The fourth-order valence-electron chi connectivity index (χ4n) is 2.46. The average Bonchev–Trinajstić information content (AvgIpc) is 2.80. The number of anilines is 1. The van der Waals surface area contributed by atoms with Crippen LogP contribution in [0.3, 0.4) is 0 Å². The quantitative estimate of drug-likeness (QED) is 0.479. The highest BCUT2D eigenvalue weighted by Gasteiger charge is 2.33. The van der Waals surface area contributed by atoms with Gasteiger partial charge in [0.15, 0.2) is 0 Å². The van der Waals surface area contributed by atoms with Gasteiger partial charge in [-0.15, -0.1) is 0 Å². The molecule has 2 rings (SSSR count). The second-order valence-electron chi connectivity index (χ2n) is 4.98. The fraction of sp³-hybridized carbons (Fsp3) is 0.533. The number of carbonyl (C=O) groups excluding carboxylic acids is 1. The lowest BCUT2D eigenvalue weighted by atomic mass is 10.2. The number of alkyl halides is 1. The number of carbonyl (C=O) groups is 1. The van der Waals surface area contributed by atoms with Crippen molar-refractivity contribution < 1.29 is 9.53 Å². The Bertz CT molecular complexity index is 467. The van der Waals surface area contributed by atoms with E-state index in [1.54, 1.807) is 7.11 Å². The van der Waals surface area contributed by atoms with Gasteiger partial charge in [0.25, 0.3) is 0 Å². The molecule has 110 valence electrons. The Hall–Kier alpha value is -0.980. The van der Waals surface area contributed by atoms with Crippen molar-refractivity contribution in [2.24, 2.45) is 0 Å². The standard InChI is InChI=1S/C15H21IN2O2/c1-3-5-14(19)17-13-8-9-18(15(13)16)11-6-4-7-12(10-11)20-2/h4,6-7,10,13,15H,3,5,8-9H2,1-2H3,(H,17,19). The van der Waals surface area contributed by atoms with E-state index >= 15 is 0 Å². The number of hydrogen-bond donors (Lipinski definition) is 1. The SMILES string of the molecule is CCCC(=O)NC1CCN(c2cccc(OC)c2)C1I. The maximum Gasteiger partial charge on any atom is 0.220 e. The van der Waals surface area contributed by atoms with E-state index in [0.717, 1.165) is 30.8 Å². The van der Waals surface area contributed by atoms with Gasteiger partial charge in [-0.25, -0.2) is 0 Å². The number of nitrogens with one attached hydrogen (secondary N) is 1. The minimum Gasteiger partial charge on any atom is -0.497 e. The van der Waals surface area contributed by atoms with Crippen molar-refractivity contribution in [2.75, 3.05) is 18.6 Å². The molecule has 1 heterocycles. The molecule has 0 spiro atoms. The topological polar surface area (TPSA) is 41.6 Å². The summed E-state index contributed by atoms with van der Waals surface area (Å²) in [5, 5.41) is 3.14. The minimum atomic E-state index is 0.159. The first-order valence-electron chi connectivity index (χ1n) is 7.00. The summed E-state index contributed by atoms with van der Waals surface area (Å²) in [5.74, 6) is 1.02. The van der Waals surface area contributed by atoms with Crippen LogP contribution in [-0.4, -0.2) is 29.7 Å². The zero-order valence-corrected chi connectivity index (χ0v) is 14.1. The molecule has 2 unspecified atom stereocenters. The highest BCUT2D eigenvalue weighted by molar-refractivity contribution is 14.1. The van der Waals surface area contributed by atoms with E-state index in [-0.39, 0.29) is 16.0 Å². The second kappa shape index (κ2) is 7.15. The van der Waals surface area contributed by atoms with Crippen molar-refractivity contribution in [3.8, 4) is 5.75 Å². The molecule has 1 aromatic carbocycles. The van der Waals surface area contributed by atoms with Crippen LogP contribution in [0, 0.1) is 0 Å². The molecular formula is C15H21IN2O2.